The summed E-state index contributed by atoms with van der Waals surface area (Å²) in [6, 6.07) is 5.95. The Morgan fingerprint density at radius 3 is 2.74 bits per heavy atom. The number of fused-ring (bicyclic) bond motifs is 1. The van der Waals surface area contributed by atoms with Gasteiger partial charge in [-0.2, -0.15) is 5.10 Å². The average molecular weight is 517 g/mol. The number of nitrogens with zero attached hydrogens (tertiary/aromatic N) is 2. The fourth-order valence-electron chi connectivity index (χ4n) is 4.89. The molecule has 2 unspecified atom stereocenters. The zero-order valence-corrected chi connectivity index (χ0v) is 21.8. The number of benzene rings is 1. The number of alkyl halides is 1. The number of allylic oxidation sites excluding steroid dienone is 3. The van der Waals surface area contributed by atoms with Gasteiger partial charge in [0.05, 0.1) is 36.0 Å². The molecule has 0 radical (unpaired) electrons. The third kappa shape index (κ3) is 4.80. The summed E-state index contributed by atoms with van der Waals surface area (Å²) in [6.45, 7) is 3.57. The van der Waals surface area contributed by atoms with Crippen molar-refractivity contribution >= 4 is 40.5 Å². The number of hydrogen-bond donors (Lipinski definition) is 2. The van der Waals surface area contributed by atoms with Crippen molar-refractivity contribution in [2.24, 2.45) is 11.8 Å². The Balaban J connectivity index is 1.67. The highest BCUT2D eigenvalue weighted by Gasteiger charge is 2.40. The number of rotatable bonds is 7. The van der Waals surface area contributed by atoms with Crippen LogP contribution in [-0.2, 0) is 27.1 Å². The van der Waals surface area contributed by atoms with Crippen LogP contribution in [0.5, 0.6) is 0 Å². The molecular weight excluding hydrogens is 487 g/mol. The van der Waals surface area contributed by atoms with Crippen LogP contribution in [0.1, 0.15) is 17.7 Å². The van der Waals surface area contributed by atoms with E-state index in [-0.39, 0.29) is 23.1 Å². The van der Waals surface area contributed by atoms with Crippen LogP contribution in [0.25, 0.3) is 11.3 Å². The van der Waals surface area contributed by atoms with Crippen molar-refractivity contribution < 1.29 is 14.3 Å². The molecule has 9 heteroatoms. The summed E-state index contributed by atoms with van der Waals surface area (Å²) < 4.78 is 11.0. The van der Waals surface area contributed by atoms with E-state index in [9.17, 15) is 4.79 Å². The molecule has 0 fully saturated rings. The van der Waals surface area contributed by atoms with Gasteiger partial charge >= 0.3 is 0 Å². The van der Waals surface area contributed by atoms with Gasteiger partial charge in [0.15, 0.2) is 0 Å². The van der Waals surface area contributed by atoms with E-state index in [0.717, 1.165) is 47.5 Å². The molecule has 0 bridgehead atoms. The molecule has 1 heterocycles. The molecule has 186 valence electrons. The van der Waals surface area contributed by atoms with Crippen molar-refractivity contribution in [3.8, 4) is 11.3 Å². The molecule has 3 atom stereocenters. The van der Waals surface area contributed by atoms with E-state index in [4.69, 9.17) is 32.7 Å². The average Bonchev–Trinajstić information content (AvgIpc) is 3.27. The summed E-state index contributed by atoms with van der Waals surface area (Å²) in [5.41, 5.74) is 5.56. The molecule has 0 saturated heterocycles. The second-order valence-electron chi connectivity index (χ2n) is 8.94. The smallest absolute Gasteiger partial charge is 0.247 e. The van der Waals surface area contributed by atoms with Crippen molar-refractivity contribution in [3.63, 3.8) is 0 Å². The zero-order chi connectivity index (χ0) is 25.3. The van der Waals surface area contributed by atoms with Gasteiger partial charge < -0.3 is 19.7 Å². The topological polar surface area (TPSA) is 79.5 Å². The number of anilines is 2. The van der Waals surface area contributed by atoms with E-state index in [1.807, 2.05) is 37.2 Å². The molecule has 2 aromatic rings. The first-order chi connectivity index (χ1) is 16.8. The number of aromatic amines is 1. The van der Waals surface area contributed by atoms with E-state index in [1.54, 1.807) is 20.3 Å². The molecule has 0 aliphatic heterocycles. The summed E-state index contributed by atoms with van der Waals surface area (Å²) in [7, 11) is 7.12. The van der Waals surface area contributed by atoms with Crippen LogP contribution in [0.2, 0.25) is 0 Å². The first-order valence-electron chi connectivity index (χ1n) is 11.4. The van der Waals surface area contributed by atoms with E-state index in [0.29, 0.717) is 22.2 Å². The highest BCUT2D eigenvalue weighted by molar-refractivity contribution is 6.32. The summed E-state index contributed by atoms with van der Waals surface area (Å²) in [4.78, 5) is 14.1. The SMILES string of the molecule is C=CC(=O)Nc1cc(N(C)C)ccc1-c1n[nH]c2c1CC[C@@H](C1C(Cl)=C(OC)C=C(OC)C1Cl)C2. The third-order valence-electron chi connectivity index (χ3n) is 6.75. The van der Waals surface area contributed by atoms with Crippen LogP contribution in [0.15, 0.2) is 53.5 Å². The number of halogens is 2. The lowest BCUT2D eigenvalue weighted by Crippen LogP contribution is -2.33. The minimum atomic E-state index is -0.375. The Labute approximate surface area is 215 Å². The van der Waals surface area contributed by atoms with Crippen molar-refractivity contribution in [2.75, 3.05) is 38.5 Å². The molecule has 0 spiro atoms. The van der Waals surface area contributed by atoms with Gasteiger partial charge in [0, 0.05) is 48.6 Å². The van der Waals surface area contributed by atoms with Crippen molar-refractivity contribution in [2.45, 2.75) is 24.6 Å². The minimum Gasteiger partial charge on any atom is -0.499 e. The lowest BCUT2D eigenvalue weighted by molar-refractivity contribution is -0.111. The van der Waals surface area contributed by atoms with Crippen molar-refractivity contribution in [1.29, 1.82) is 0 Å². The molecule has 1 aromatic heterocycles. The van der Waals surface area contributed by atoms with Gasteiger partial charge in [-0.3, -0.25) is 9.89 Å². The monoisotopic (exact) mass is 516 g/mol. The highest BCUT2D eigenvalue weighted by atomic mass is 35.5. The maximum atomic E-state index is 12.1. The maximum Gasteiger partial charge on any atom is 0.247 e. The largest absolute Gasteiger partial charge is 0.499 e. The first-order valence-corrected chi connectivity index (χ1v) is 12.2. The molecule has 2 N–H and O–H groups in total. The second kappa shape index (κ2) is 10.4. The number of hydrogen-bond acceptors (Lipinski definition) is 5. The number of carbonyl (C=O) groups is 1. The number of aromatic nitrogens is 2. The number of carbonyl (C=O) groups excluding carboxylic acids is 1. The van der Waals surface area contributed by atoms with Gasteiger partial charge in [0.25, 0.3) is 0 Å². The van der Waals surface area contributed by atoms with Crippen LogP contribution in [-0.4, -0.2) is 49.8 Å². The normalized spacial score (nSPS) is 21.7. The molecule has 4 rings (SSSR count). The Hall–Kier alpha value is -2.90. The summed E-state index contributed by atoms with van der Waals surface area (Å²) in [5, 5.41) is 11.1. The van der Waals surface area contributed by atoms with E-state index in [2.05, 4.69) is 22.1 Å². The van der Waals surface area contributed by atoms with Gasteiger partial charge in [-0.05, 0) is 49.5 Å². The van der Waals surface area contributed by atoms with Gasteiger partial charge in [-0.25, -0.2) is 0 Å². The Bertz CT molecular complexity index is 1200. The Kier molecular flexibility index (Phi) is 7.47. The molecule has 7 nitrogen and oxygen atoms in total. The lowest BCUT2D eigenvalue weighted by Gasteiger charge is -2.36. The molecule has 1 aromatic carbocycles. The van der Waals surface area contributed by atoms with Crippen LogP contribution < -0.4 is 10.2 Å². The van der Waals surface area contributed by atoms with Gasteiger partial charge in [-0.1, -0.05) is 18.2 Å². The quantitative estimate of drug-likeness (QED) is 0.388. The maximum absolute atomic E-state index is 12.1. The van der Waals surface area contributed by atoms with Gasteiger partial charge in [0.2, 0.25) is 5.91 Å². The fourth-order valence-corrected chi connectivity index (χ4v) is 5.87. The molecule has 35 heavy (non-hydrogen) atoms. The van der Waals surface area contributed by atoms with Crippen LogP contribution >= 0.6 is 23.2 Å². The number of methoxy groups -OCH3 is 2. The lowest BCUT2D eigenvalue weighted by atomic mass is 9.75. The summed E-state index contributed by atoms with van der Waals surface area (Å²) >= 11 is 13.5. The second-order valence-corrected chi connectivity index (χ2v) is 9.82. The number of amides is 1. The Morgan fingerprint density at radius 1 is 1.31 bits per heavy atom. The standard InChI is InChI=1S/C26H30Cl2N4O3/c1-6-22(33)29-18-12-15(32(2)3)8-10-16(18)26-17-9-7-14(11-19(17)30-31-26)23-24(27)20(34-4)13-21(35-5)25(23)28/h6,8,10,12-14,23-24H,1,7,9,11H2,2-5H3,(H,29,33)(H,30,31)/t14-,23?,24?/m1/s1. The number of nitrogens with one attached hydrogen (secondary N) is 2. The van der Waals surface area contributed by atoms with E-state index in [1.165, 1.54) is 6.08 Å². The van der Waals surface area contributed by atoms with Gasteiger partial charge in [-0.15, -0.1) is 11.6 Å². The molecule has 2 aliphatic rings. The third-order valence-corrected chi connectivity index (χ3v) is 7.68. The first kappa shape index (κ1) is 25.2. The molecule has 1 amide bonds. The van der Waals surface area contributed by atoms with Crippen LogP contribution in [0.4, 0.5) is 11.4 Å². The van der Waals surface area contributed by atoms with Crippen molar-refractivity contribution in [1.82, 2.24) is 10.2 Å². The predicted molar refractivity (Wildman–Crippen MR) is 141 cm³/mol. The molecule has 0 saturated carbocycles. The molecule has 2 aliphatic carbocycles. The van der Waals surface area contributed by atoms with E-state index >= 15 is 0 Å². The summed E-state index contributed by atoms with van der Waals surface area (Å²) in [6.07, 6.45) is 5.44. The van der Waals surface area contributed by atoms with Crippen LogP contribution in [0, 0.1) is 11.8 Å². The Morgan fingerprint density at radius 2 is 2.09 bits per heavy atom. The fraction of sp³-hybridized carbons (Fsp3) is 0.385. The van der Waals surface area contributed by atoms with Crippen molar-refractivity contribution in [3.05, 3.63) is 64.7 Å². The predicted octanol–water partition coefficient (Wildman–Crippen LogP) is 5.24. The zero-order valence-electron chi connectivity index (χ0n) is 20.3. The number of ether oxygens (including phenoxy) is 2. The highest BCUT2D eigenvalue weighted by Crippen LogP contribution is 2.46. The molecular formula is C26H30Cl2N4O3. The van der Waals surface area contributed by atoms with E-state index < -0.39 is 0 Å². The van der Waals surface area contributed by atoms with Gasteiger partial charge in [0.1, 0.15) is 11.5 Å². The van der Waals surface area contributed by atoms with Crippen LogP contribution in [0.3, 0.4) is 0 Å². The minimum absolute atomic E-state index is 0.130. The summed E-state index contributed by atoms with van der Waals surface area (Å²) in [5.74, 6) is 1.03. The number of H-pyrrole nitrogens is 1.